The van der Waals surface area contributed by atoms with Gasteiger partial charge in [-0.05, 0) is 32.4 Å². The Morgan fingerprint density at radius 2 is 2.00 bits per heavy atom. The molecule has 0 heterocycles. The van der Waals surface area contributed by atoms with E-state index in [1.165, 1.54) is 25.7 Å². The highest BCUT2D eigenvalue weighted by Gasteiger charge is 1.86. The monoisotopic (exact) mass is 153 g/mol. The zero-order chi connectivity index (χ0) is 8.36. The van der Waals surface area contributed by atoms with Gasteiger partial charge in [-0.25, -0.2) is 0 Å². The van der Waals surface area contributed by atoms with Crippen LogP contribution in [0.3, 0.4) is 0 Å². The predicted molar refractivity (Wildman–Crippen MR) is 50.5 cm³/mol. The number of nitrogens with one attached hydrogen (secondary N) is 1. The topological polar surface area (TPSA) is 12.0 Å². The van der Waals surface area contributed by atoms with Gasteiger partial charge in [-0.3, -0.25) is 0 Å². The lowest BCUT2D eigenvalue weighted by molar-refractivity contribution is 0.603. The second-order valence-corrected chi connectivity index (χ2v) is 2.76. The van der Waals surface area contributed by atoms with E-state index in [9.17, 15) is 0 Å². The van der Waals surface area contributed by atoms with Crippen molar-refractivity contribution in [3.8, 4) is 12.3 Å². The van der Waals surface area contributed by atoms with Crippen LogP contribution in [0, 0.1) is 12.3 Å². The van der Waals surface area contributed by atoms with Crippen molar-refractivity contribution >= 4 is 0 Å². The third kappa shape index (κ3) is 9.52. The summed E-state index contributed by atoms with van der Waals surface area (Å²) in [5, 5.41) is 3.36. The fraction of sp³-hybridized carbons (Fsp3) is 0.800. The zero-order valence-corrected chi connectivity index (χ0v) is 7.53. The van der Waals surface area contributed by atoms with Gasteiger partial charge < -0.3 is 5.32 Å². The van der Waals surface area contributed by atoms with Crippen LogP contribution in [0.5, 0.6) is 0 Å². The van der Waals surface area contributed by atoms with Crippen LogP contribution in [-0.4, -0.2) is 13.1 Å². The fourth-order valence-corrected chi connectivity index (χ4v) is 0.956. The molecule has 0 bridgehead atoms. The number of hydrogen-bond donors (Lipinski definition) is 1. The molecule has 0 unspecified atom stereocenters. The van der Waals surface area contributed by atoms with Crippen molar-refractivity contribution < 1.29 is 0 Å². The maximum atomic E-state index is 5.13. The normalized spacial score (nSPS) is 9.45. The van der Waals surface area contributed by atoms with Gasteiger partial charge in [0.15, 0.2) is 0 Å². The molecule has 0 amide bonds. The minimum atomic E-state index is 0.938. The van der Waals surface area contributed by atoms with E-state index in [1.807, 2.05) is 0 Å². The number of hydrogen-bond acceptors (Lipinski definition) is 1. The molecule has 0 aliphatic carbocycles. The molecule has 0 aromatic carbocycles. The fourth-order valence-electron chi connectivity index (χ4n) is 0.956. The lowest BCUT2D eigenvalue weighted by Gasteiger charge is -2.00. The van der Waals surface area contributed by atoms with Crippen LogP contribution < -0.4 is 5.32 Å². The first-order chi connectivity index (χ1) is 5.41. The summed E-state index contributed by atoms with van der Waals surface area (Å²) in [6.45, 7) is 4.49. The molecule has 1 heteroatoms. The van der Waals surface area contributed by atoms with Crippen LogP contribution in [0.2, 0.25) is 0 Å². The molecule has 0 aliphatic heterocycles. The maximum Gasteiger partial charge on any atom is 0.00860 e. The Hall–Kier alpha value is -0.480. The highest BCUT2D eigenvalue weighted by Crippen LogP contribution is 1.96. The van der Waals surface area contributed by atoms with Gasteiger partial charge in [0.25, 0.3) is 0 Å². The molecule has 0 rings (SSSR count). The third-order valence-electron chi connectivity index (χ3n) is 1.60. The Labute approximate surface area is 70.6 Å². The van der Waals surface area contributed by atoms with Crippen molar-refractivity contribution in [1.29, 1.82) is 0 Å². The Bertz CT molecular complexity index is 102. The third-order valence-corrected chi connectivity index (χ3v) is 1.60. The zero-order valence-electron chi connectivity index (χ0n) is 7.53. The van der Waals surface area contributed by atoms with Gasteiger partial charge in [-0.2, -0.15) is 0 Å². The number of terminal acetylenes is 1. The smallest absolute Gasteiger partial charge is 0.00860 e. The summed E-state index contributed by atoms with van der Waals surface area (Å²) in [5.74, 6) is 2.65. The van der Waals surface area contributed by atoms with E-state index in [4.69, 9.17) is 6.42 Å². The van der Waals surface area contributed by atoms with Gasteiger partial charge in [0, 0.05) is 6.42 Å². The minimum absolute atomic E-state index is 0.938. The van der Waals surface area contributed by atoms with E-state index in [0.29, 0.717) is 0 Å². The standard InChI is InChI=1S/C10H19N/c1-3-5-6-7-8-10-11-9-4-2/h1,11H,4-10H2,2H3. The predicted octanol–water partition coefficient (Wildman–Crippen LogP) is 2.18. The summed E-state index contributed by atoms with van der Waals surface area (Å²) in [7, 11) is 0. The van der Waals surface area contributed by atoms with Gasteiger partial charge in [0.1, 0.15) is 0 Å². The van der Waals surface area contributed by atoms with Crippen LogP contribution in [0.25, 0.3) is 0 Å². The summed E-state index contributed by atoms with van der Waals surface area (Å²) in [4.78, 5) is 0. The lowest BCUT2D eigenvalue weighted by atomic mass is 10.2. The molecular weight excluding hydrogens is 134 g/mol. The Balaban J connectivity index is 2.75. The molecule has 0 aromatic rings. The molecule has 64 valence electrons. The van der Waals surface area contributed by atoms with Crippen molar-refractivity contribution in [2.75, 3.05) is 13.1 Å². The first-order valence-corrected chi connectivity index (χ1v) is 4.56. The summed E-state index contributed by atoms with van der Waals surface area (Å²) in [5.41, 5.74) is 0. The van der Waals surface area contributed by atoms with Crippen LogP contribution in [0.15, 0.2) is 0 Å². The SMILES string of the molecule is C#CCCCCCNCCC. The first-order valence-electron chi connectivity index (χ1n) is 4.56. The molecule has 0 spiro atoms. The molecule has 0 radical (unpaired) electrons. The molecule has 1 nitrogen and oxygen atoms in total. The largest absolute Gasteiger partial charge is 0.317 e. The Kier molecular flexibility index (Phi) is 9.10. The average Bonchev–Trinajstić information content (AvgIpc) is 2.03. The van der Waals surface area contributed by atoms with Crippen LogP contribution in [-0.2, 0) is 0 Å². The van der Waals surface area contributed by atoms with Crippen molar-refractivity contribution in [1.82, 2.24) is 5.32 Å². The van der Waals surface area contributed by atoms with E-state index < -0.39 is 0 Å². The van der Waals surface area contributed by atoms with Crippen LogP contribution in [0.1, 0.15) is 39.0 Å². The van der Waals surface area contributed by atoms with E-state index in [2.05, 4.69) is 18.2 Å². The first kappa shape index (κ1) is 10.5. The summed E-state index contributed by atoms with van der Waals surface area (Å²) in [6.07, 6.45) is 11.0. The molecule has 1 N–H and O–H groups in total. The summed E-state index contributed by atoms with van der Waals surface area (Å²) < 4.78 is 0. The van der Waals surface area contributed by atoms with Crippen molar-refractivity contribution in [3.05, 3.63) is 0 Å². The van der Waals surface area contributed by atoms with Crippen molar-refractivity contribution in [2.24, 2.45) is 0 Å². The molecule has 0 saturated heterocycles. The number of unbranched alkanes of at least 4 members (excludes halogenated alkanes) is 3. The van der Waals surface area contributed by atoms with Gasteiger partial charge in [0.2, 0.25) is 0 Å². The highest BCUT2D eigenvalue weighted by atomic mass is 14.8. The minimum Gasteiger partial charge on any atom is -0.317 e. The Morgan fingerprint density at radius 1 is 1.18 bits per heavy atom. The van der Waals surface area contributed by atoms with E-state index >= 15 is 0 Å². The van der Waals surface area contributed by atoms with Crippen molar-refractivity contribution in [3.63, 3.8) is 0 Å². The van der Waals surface area contributed by atoms with Crippen LogP contribution >= 0.6 is 0 Å². The van der Waals surface area contributed by atoms with Crippen molar-refractivity contribution in [2.45, 2.75) is 39.0 Å². The highest BCUT2D eigenvalue weighted by molar-refractivity contribution is 4.82. The second-order valence-electron chi connectivity index (χ2n) is 2.76. The Morgan fingerprint density at radius 3 is 2.64 bits per heavy atom. The molecule has 0 fully saturated rings. The van der Waals surface area contributed by atoms with E-state index in [-0.39, 0.29) is 0 Å². The number of rotatable bonds is 7. The molecule has 0 atom stereocenters. The molecule has 0 aromatic heterocycles. The molecule has 11 heavy (non-hydrogen) atoms. The average molecular weight is 153 g/mol. The second kappa shape index (κ2) is 9.52. The summed E-state index contributed by atoms with van der Waals surface area (Å²) >= 11 is 0. The lowest BCUT2D eigenvalue weighted by Crippen LogP contribution is -2.15. The summed E-state index contributed by atoms with van der Waals surface area (Å²) in [6, 6.07) is 0. The van der Waals surface area contributed by atoms with E-state index in [1.54, 1.807) is 0 Å². The maximum absolute atomic E-state index is 5.13. The van der Waals surface area contributed by atoms with Gasteiger partial charge in [-0.15, -0.1) is 12.3 Å². The van der Waals surface area contributed by atoms with Crippen LogP contribution in [0.4, 0.5) is 0 Å². The molecular formula is C10H19N. The van der Waals surface area contributed by atoms with E-state index in [0.717, 1.165) is 19.5 Å². The van der Waals surface area contributed by atoms with Gasteiger partial charge in [-0.1, -0.05) is 13.3 Å². The van der Waals surface area contributed by atoms with Gasteiger partial charge >= 0.3 is 0 Å². The van der Waals surface area contributed by atoms with Gasteiger partial charge in [0.05, 0.1) is 0 Å². The molecule has 0 saturated carbocycles. The quantitative estimate of drug-likeness (QED) is 0.436. The molecule has 0 aliphatic rings.